The summed E-state index contributed by atoms with van der Waals surface area (Å²) in [5.41, 5.74) is 3.82. The minimum atomic E-state index is -0.302. The maximum atomic E-state index is 13.8. The lowest BCUT2D eigenvalue weighted by molar-refractivity contribution is 0.279. The van der Waals surface area contributed by atoms with E-state index in [2.05, 4.69) is 34.7 Å². The van der Waals surface area contributed by atoms with Gasteiger partial charge >= 0.3 is 0 Å². The van der Waals surface area contributed by atoms with E-state index in [1.165, 1.54) is 17.0 Å². The van der Waals surface area contributed by atoms with Crippen molar-refractivity contribution < 1.29 is 13.9 Å². The van der Waals surface area contributed by atoms with E-state index in [-0.39, 0.29) is 12.4 Å². The number of ether oxygens (including phenoxy) is 2. The van der Waals surface area contributed by atoms with Crippen molar-refractivity contribution in [3.8, 4) is 11.5 Å². The Morgan fingerprint density at radius 1 is 0.968 bits per heavy atom. The van der Waals surface area contributed by atoms with Crippen LogP contribution in [-0.2, 0) is 19.6 Å². The van der Waals surface area contributed by atoms with E-state index >= 15 is 0 Å². The largest absolute Gasteiger partial charge is 0.493 e. The van der Waals surface area contributed by atoms with E-state index in [4.69, 9.17) is 21.1 Å². The van der Waals surface area contributed by atoms with Crippen molar-refractivity contribution in [2.24, 2.45) is 0 Å². The number of aromatic nitrogens is 1. The van der Waals surface area contributed by atoms with Crippen LogP contribution in [0.25, 0.3) is 10.9 Å². The van der Waals surface area contributed by atoms with Crippen molar-refractivity contribution in [1.82, 2.24) is 10.3 Å². The molecule has 0 atom stereocenters. The molecule has 6 heteroatoms. The van der Waals surface area contributed by atoms with Crippen LogP contribution in [0.1, 0.15) is 16.7 Å². The fourth-order valence-corrected chi connectivity index (χ4v) is 3.76. The Morgan fingerprint density at radius 2 is 1.77 bits per heavy atom. The topological polar surface area (TPSA) is 46.3 Å². The first kappa shape index (κ1) is 21.2. The second-order valence-electron chi connectivity index (χ2n) is 7.26. The molecule has 0 radical (unpaired) electrons. The first-order chi connectivity index (χ1) is 15.2. The van der Waals surface area contributed by atoms with Crippen molar-refractivity contribution in [2.45, 2.75) is 19.6 Å². The lowest BCUT2D eigenvalue weighted by Crippen LogP contribution is -2.17. The van der Waals surface area contributed by atoms with Crippen LogP contribution in [0.5, 0.6) is 11.5 Å². The van der Waals surface area contributed by atoms with Gasteiger partial charge in [-0.15, -0.1) is 0 Å². The summed E-state index contributed by atoms with van der Waals surface area (Å²) < 4.78 is 25.1. The smallest absolute Gasteiger partial charge is 0.163 e. The van der Waals surface area contributed by atoms with E-state index in [0.717, 1.165) is 24.0 Å². The molecule has 31 heavy (non-hydrogen) atoms. The van der Waals surface area contributed by atoms with Gasteiger partial charge in [-0.1, -0.05) is 48.0 Å². The summed E-state index contributed by atoms with van der Waals surface area (Å²) in [6, 6.07) is 18.4. The molecule has 0 aliphatic heterocycles. The third kappa shape index (κ3) is 5.01. The summed E-state index contributed by atoms with van der Waals surface area (Å²) in [6.45, 7) is 1.51. The molecular weight excluding hydrogens is 415 g/mol. The molecule has 1 aromatic heterocycles. The lowest BCUT2D eigenvalue weighted by atomic mass is 10.1. The molecule has 0 saturated heterocycles. The van der Waals surface area contributed by atoms with Crippen molar-refractivity contribution in [3.63, 3.8) is 0 Å². The normalized spacial score (nSPS) is 11.1. The summed E-state index contributed by atoms with van der Waals surface area (Å²) >= 11 is 6.47. The van der Waals surface area contributed by atoms with E-state index in [1.807, 2.05) is 12.1 Å². The van der Waals surface area contributed by atoms with Crippen LogP contribution in [0.15, 0.2) is 66.9 Å². The highest BCUT2D eigenvalue weighted by molar-refractivity contribution is 6.31. The first-order valence-electron chi connectivity index (χ1n) is 10.1. The highest BCUT2D eigenvalue weighted by atomic mass is 35.5. The van der Waals surface area contributed by atoms with Gasteiger partial charge < -0.3 is 19.8 Å². The number of H-pyrrole nitrogens is 1. The average Bonchev–Trinajstić information content (AvgIpc) is 3.20. The molecule has 3 aromatic carbocycles. The number of halogens is 2. The van der Waals surface area contributed by atoms with Gasteiger partial charge in [0.1, 0.15) is 12.4 Å². The average molecular weight is 439 g/mol. The van der Waals surface area contributed by atoms with Gasteiger partial charge in [0.15, 0.2) is 11.5 Å². The van der Waals surface area contributed by atoms with Crippen LogP contribution in [-0.4, -0.2) is 18.6 Å². The lowest BCUT2D eigenvalue weighted by Gasteiger charge is -2.14. The van der Waals surface area contributed by atoms with Gasteiger partial charge in [0.2, 0.25) is 0 Å². The van der Waals surface area contributed by atoms with E-state index < -0.39 is 0 Å². The van der Waals surface area contributed by atoms with Gasteiger partial charge in [0.25, 0.3) is 0 Å². The summed E-state index contributed by atoms with van der Waals surface area (Å²) in [4.78, 5) is 3.30. The van der Waals surface area contributed by atoms with Crippen LogP contribution >= 0.6 is 11.6 Å². The summed E-state index contributed by atoms with van der Waals surface area (Å²) in [5, 5.41) is 5.26. The molecule has 4 rings (SSSR count). The molecule has 160 valence electrons. The van der Waals surface area contributed by atoms with Gasteiger partial charge in [-0.2, -0.15) is 0 Å². The molecule has 4 aromatic rings. The Bertz CT molecular complexity index is 1180. The molecule has 0 spiro atoms. The Balaban J connectivity index is 1.36. The number of aromatic amines is 1. The molecular formula is C25H24ClFN2O2. The van der Waals surface area contributed by atoms with Crippen LogP contribution in [0.2, 0.25) is 5.02 Å². The van der Waals surface area contributed by atoms with Crippen LogP contribution in [0.4, 0.5) is 4.39 Å². The van der Waals surface area contributed by atoms with Gasteiger partial charge in [-0.05, 0) is 42.3 Å². The zero-order chi connectivity index (χ0) is 21.6. The van der Waals surface area contributed by atoms with Gasteiger partial charge in [0.05, 0.1) is 7.11 Å². The maximum absolute atomic E-state index is 13.8. The van der Waals surface area contributed by atoms with Gasteiger partial charge in [-0.3, -0.25) is 0 Å². The highest BCUT2D eigenvalue weighted by Gasteiger charge is 2.12. The number of para-hydroxylation sites is 1. The van der Waals surface area contributed by atoms with Crippen LogP contribution < -0.4 is 14.8 Å². The number of hydrogen-bond donors (Lipinski definition) is 2. The molecule has 0 bridgehead atoms. The minimum absolute atomic E-state index is 0.0988. The molecule has 0 fully saturated rings. The third-order valence-corrected chi connectivity index (χ3v) is 5.59. The Labute approximate surface area is 186 Å². The van der Waals surface area contributed by atoms with E-state index in [1.54, 1.807) is 31.4 Å². The molecule has 0 aliphatic rings. The second-order valence-corrected chi connectivity index (χ2v) is 7.67. The monoisotopic (exact) mass is 438 g/mol. The summed E-state index contributed by atoms with van der Waals surface area (Å²) in [5.74, 6) is 0.746. The fraction of sp³-hybridized carbons (Fsp3) is 0.200. The molecule has 4 nitrogen and oxygen atoms in total. The predicted octanol–water partition coefficient (Wildman–Crippen LogP) is 5.88. The number of methoxy groups -OCH3 is 1. The van der Waals surface area contributed by atoms with Crippen molar-refractivity contribution in [2.75, 3.05) is 13.7 Å². The number of benzene rings is 3. The van der Waals surface area contributed by atoms with Crippen LogP contribution in [0.3, 0.4) is 0 Å². The zero-order valence-corrected chi connectivity index (χ0v) is 18.0. The minimum Gasteiger partial charge on any atom is -0.493 e. The number of fused-ring (bicyclic) bond motifs is 1. The van der Waals surface area contributed by atoms with Gasteiger partial charge in [-0.25, -0.2) is 4.39 Å². The SMILES string of the molecule is COc1cc(CNCCc2c[nH]c3ccccc23)c(Cl)cc1OCc1ccccc1F. The van der Waals surface area contributed by atoms with Crippen molar-refractivity contribution in [1.29, 1.82) is 0 Å². The van der Waals surface area contributed by atoms with E-state index in [9.17, 15) is 4.39 Å². The third-order valence-electron chi connectivity index (χ3n) is 5.24. The second kappa shape index (κ2) is 9.86. The molecule has 0 unspecified atom stereocenters. The molecule has 0 saturated carbocycles. The van der Waals surface area contributed by atoms with Crippen LogP contribution in [0, 0.1) is 5.82 Å². The fourth-order valence-electron chi connectivity index (χ4n) is 3.54. The predicted molar refractivity (Wildman–Crippen MR) is 122 cm³/mol. The Hall–Kier alpha value is -3.02. The first-order valence-corrected chi connectivity index (χ1v) is 10.5. The quantitative estimate of drug-likeness (QED) is 0.321. The summed E-state index contributed by atoms with van der Waals surface area (Å²) in [7, 11) is 1.58. The van der Waals surface area contributed by atoms with Crippen molar-refractivity contribution >= 4 is 22.5 Å². The number of hydrogen-bond acceptors (Lipinski definition) is 3. The number of nitrogens with one attached hydrogen (secondary N) is 2. The maximum Gasteiger partial charge on any atom is 0.163 e. The van der Waals surface area contributed by atoms with Gasteiger partial charge in [0, 0.05) is 40.3 Å². The number of rotatable bonds is 9. The molecule has 0 aliphatic carbocycles. The van der Waals surface area contributed by atoms with Crippen molar-refractivity contribution in [3.05, 3.63) is 94.4 Å². The molecule has 1 heterocycles. The highest BCUT2D eigenvalue weighted by Crippen LogP contribution is 2.34. The molecule has 0 amide bonds. The zero-order valence-electron chi connectivity index (χ0n) is 17.3. The Morgan fingerprint density at radius 3 is 2.61 bits per heavy atom. The molecule has 2 N–H and O–H groups in total. The standard InChI is InChI=1S/C25H24ClFN2O2/c1-30-24-12-19(14-28-11-10-17-15-29-23-9-5-3-7-20(17)23)21(26)13-25(24)31-16-18-6-2-4-8-22(18)27/h2-9,12-13,15,28-29H,10-11,14,16H2,1H3. The van der Waals surface area contributed by atoms with E-state index in [0.29, 0.717) is 28.6 Å². The summed E-state index contributed by atoms with van der Waals surface area (Å²) in [6.07, 6.45) is 2.96. The Kier molecular flexibility index (Phi) is 6.75.